The summed E-state index contributed by atoms with van der Waals surface area (Å²) in [7, 11) is 3.61. The molecule has 1 unspecified atom stereocenters. The molecule has 0 spiro atoms. The first-order valence-electron chi connectivity index (χ1n) is 7.93. The van der Waals surface area contributed by atoms with Crippen LogP contribution in [0.3, 0.4) is 0 Å². The fourth-order valence-corrected chi connectivity index (χ4v) is 2.69. The molecule has 25 heavy (non-hydrogen) atoms. The summed E-state index contributed by atoms with van der Waals surface area (Å²) in [6.07, 6.45) is 0. The van der Waals surface area contributed by atoms with Crippen molar-refractivity contribution in [3.05, 3.63) is 40.7 Å². The minimum Gasteiger partial charge on any atom is -0.322 e. The summed E-state index contributed by atoms with van der Waals surface area (Å²) in [5.74, 6) is -0.366. The van der Waals surface area contributed by atoms with Crippen LogP contribution in [0.4, 0.5) is 11.4 Å². The van der Waals surface area contributed by atoms with Gasteiger partial charge in [0, 0.05) is 7.05 Å². The lowest BCUT2D eigenvalue weighted by Gasteiger charge is -2.14. The quantitative estimate of drug-likeness (QED) is 0.708. The van der Waals surface area contributed by atoms with Gasteiger partial charge in [0.2, 0.25) is 0 Å². The molecule has 3 N–H and O–H groups in total. The van der Waals surface area contributed by atoms with E-state index in [4.69, 9.17) is 11.6 Å². The SMILES string of the molecule is Cc1nn(C)c(C)c1NC(=O)C[NH+](C)CC(=O)Nc1ccccc1Cl. The van der Waals surface area contributed by atoms with Gasteiger partial charge in [-0.15, -0.1) is 0 Å². The van der Waals surface area contributed by atoms with Crippen molar-refractivity contribution in [2.45, 2.75) is 13.8 Å². The number of anilines is 2. The second-order valence-corrected chi connectivity index (χ2v) is 6.46. The van der Waals surface area contributed by atoms with Crippen LogP contribution in [0.15, 0.2) is 24.3 Å². The van der Waals surface area contributed by atoms with E-state index in [9.17, 15) is 9.59 Å². The number of amides is 2. The number of benzene rings is 1. The first-order valence-corrected chi connectivity index (χ1v) is 8.31. The van der Waals surface area contributed by atoms with Crippen LogP contribution in [-0.2, 0) is 16.6 Å². The van der Waals surface area contributed by atoms with Gasteiger partial charge in [-0.3, -0.25) is 14.3 Å². The van der Waals surface area contributed by atoms with E-state index in [1.165, 1.54) is 0 Å². The molecule has 0 bridgehead atoms. The molecule has 0 radical (unpaired) electrons. The highest BCUT2D eigenvalue weighted by atomic mass is 35.5. The Morgan fingerprint density at radius 3 is 2.32 bits per heavy atom. The third kappa shape index (κ3) is 5.04. The normalized spacial score (nSPS) is 11.9. The first kappa shape index (κ1) is 19.0. The maximum Gasteiger partial charge on any atom is 0.279 e. The van der Waals surface area contributed by atoms with Gasteiger partial charge in [0.05, 0.1) is 34.8 Å². The molecule has 2 amide bonds. The number of carbonyl (C=O) groups is 2. The van der Waals surface area contributed by atoms with Gasteiger partial charge in [-0.2, -0.15) is 5.10 Å². The Balaban J connectivity index is 1.87. The summed E-state index contributed by atoms with van der Waals surface area (Å²) in [6.45, 7) is 4.06. The van der Waals surface area contributed by atoms with Crippen molar-refractivity contribution in [2.24, 2.45) is 7.05 Å². The molecule has 2 rings (SSSR count). The van der Waals surface area contributed by atoms with Crippen molar-refractivity contribution in [2.75, 3.05) is 30.8 Å². The highest BCUT2D eigenvalue weighted by molar-refractivity contribution is 6.33. The van der Waals surface area contributed by atoms with Gasteiger partial charge in [0.15, 0.2) is 13.1 Å². The van der Waals surface area contributed by atoms with E-state index in [2.05, 4.69) is 15.7 Å². The number of para-hydroxylation sites is 1. The molecule has 0 aliphatic carbocycles. The summed E-state index contributed by atoms with van der Waals surface area (Å²) < 4.78 is 1.72. The molecule has 1 aromatic heterocycles. The van der Waals surface area contributed by atoms with E-state index in [-0.39, 0.29) is 24.9 Å². The van der Waals surface area contributed by atoms with E-state index in [0.717, 1.165) is 22.0 Å². The molecule has 134 valence electrons. The van der Waals surface area contributed by atoms with Crippen LogP contribution >= 0.6 is 11.6 Å². The molecule has 0 saturated heterocycles. The Morgan fingerprint density at radius 1 is 1.16 bits per heavy atom. The molecule has 7 nitrogen and oxygen atoms in total. The van der Waals surface area contributed by atoms with Gasteiger partial charge >= 0.3 is 0 Å². The minimum atomic E-state index is -0.202. The number of likely N-dealkylation sites (N-methyl/N-ethyl adjacent to an activating group) is 1. The number of nitrogens with one attached hydrogen (secondary N) is 3. The van der Waals surface area contributed by atoms with Crippen molar-refractivity contribution in [3.63, 3.8) is 0 Å². The van der Waals surface area contributed by atoms with Crippen molar-refractivity contribution < 1.29 is 14.5 Å². The molecule has 0 fully saturated rings. The predicted molar refractivity (Wildman–Crippen MR) is 98.0 cm³/mol. The highest BCUT2D eigenvalue weighted by Gasteiger charge is 2.18. The Labute approximate surface area is 152 Å². The number of carbonyl (C=O) groups excluding carboxylic acids is 2. The van der Waals surface area contributed by atoms with Gasteiger partial charge < -0.3 is 15.5 Å². The van der Waals surface area contributed by atoms with E-state index in [1.807, 2.05) is 20.9 Å². The van der Waals surface area contributed by atoms with E-state index < -0.39 is 0 Å². The van der Waals surface area contributed by atoms with Crippen LogP contribution in [0.1, 0.15) is 11.4 Å². The van der Waals surface area contributed by atoms with Crippen LogP contribution in [0.2, 0.25) is 5.02 Å². The lowest BCUT2D eigenvalue weighted by atomic mass is 10.3. The third-order valence-corrected chi connectivity index (χ3v) is 4.18. The lowest BCUT2D eigenvalue weighted by Crippen LogP contribution is -3.11. The van der Waals surface area contributed by atoms with Gasteiger partial charge in [-0.1, -0.05) is 23.7 Å². The summed E-state index contributed by atoms with van der Waals surface area (Å²) in [5, 5.41) is 10.4. The van der Waals surface area contributed by atoms with Crippen LogP contribution < -0.4 is 15.5 Å². The Morgan fingerprint density at radius 2 is 1.76 bits per heavy atom. The number of aromatic nitrogens is 2. The van der Waals surface area contributed by atoms with Crippen LogP contribution in [0, 0.1) is 13.8 Å². The van der Waals surface area contributed by atoms with Crippen molar-refractivity contribution in [1.82, 2.24) is 9.78 Å². The Bertz CT molecular complexity index is 787. The number of nitrogens with zero attached hydrogens (tertiary/aromatic N) is 2. The average molecular weight is 365 g/mol. The molecule has 0 saturated carbocycles. The predicted octanol–water partition coefficient (Wildman–Crippen LogP) is 0.782. The van der Waals surface area contributed by atoms with Crippen LogP contribution in [-0.4, -0.2) is 41.7 Å². The van der Waals surface area contributed by atoms with E-state index >= 15 is 0 Å². The zero-order valence-corrected chi connectivity index (χ0v) is 15.6. The zero-order chi connectivity index (χ0) is 18.6. The van der Waals surface area contributed by atoms with Gasteiger partial charge in [0.1, 0.15) is 0 Å². The number of hydrogen-bond donors (Lipinski definition) is 3. The molecule has 1 atom stereocenters. The third-order valence-electron chi connectivity index (χ3n) is 3.85. The molecule has 0 aliphatic heterocycles. The van der Waals surface area contributed by atoms with Crippen molar-refractivity contribution in [3.8, 4) is 0 Å². The van der Waals surface area contributed by atoms with Gasteiger partial charge in [-0.05, 0) is 26.0 Å². The van der Waals surface area contributed by atoms with Crippen molar-refractivity contribution >= 4 is 34.8 Å². The van der Waals surface area contributed by atoms with E-state index in [0.29, 0.717) is 10.7 Å². The fraction of sp³-hybridized carbons (Fsp3) is 0.353. The average Bonchev–Trinajstić information content (AvgIpc) is 2.75. The molecular weight excluding hydrogens is 342 g/mol. The van der Waals surface area contributed by atoms with Gasteiger partial charge in [0.25, 0.3) is 11.8 Å². The topological polar surface area (TPSA) is 80.5 Å². The zero-order valence-electron chi connectivity index (χ0n) is 14.8. The summed E-state index contributed by atoms with van der Waals surface area (Å²) in [4.78, 5) is 25.1. The summed E-state index contributed by atoms with van der Waals surface area (Å²) in [6, 6.07) is 7.03. The molecule has 1 aromatic carbocycles. The standard InChI is InChI=1S/C17H22ClN5O2/c1-11-17(12(2)23(4)21-11)20-16(25)10-22(3)9-15(24)19-14-8-6-5-7-13(14)18/h5-8H,9-10H2,1-4H3,(H,19,24)(H,20,25)/p+1. The molecule has 1 heterocycles. The van der Waals surface area contributed by atoms with Crippen LogP contribution in [0.25, 0.3) is 0 Å². The number of hydrogen-bond acceptors (Lipinski definition) is 3. The van der Waals surface area contributed by atoms with Crippen molar-refractivity contribution in [1.29, 1.82) is 0 Å². The van der Waals surface area contributed by atoms with Gasteiger partial charge in [-0.25, -0.2) is 0 Å². The smallest absolute Gasteiger partial charge is 0.279 e. The molecule has 8 heteroatoms. The maximum atomic E-state index is 12.2. The maximum absolute atomic E-state index is 12.2. The second kappa shape index (κ2) is 8.13. The Kier molecular flexibility index (Phi) is 6.17. The largest absolute Gasteiger partial charge is 0.322 e. The summed E-state index contributed by atoms with van der Waals surface area (Å²) >= 11 is 6.02. The summed E-state index contributed by atoms with van der Waals surface area (Å²) in [5.41, 5.74) is 2.94. The number of quaternary nitrogens is 1. The monoisotopic (exact) mass is 364 g/mol. The number of halogens is 1. The Hall–Kier alpha value is -2.38. The molecule has 2 aromatic rings. The number of aryl methyl sites for hydroxylation is 2. The molecular formula is C17H23ClN5O2+. The first-order chi connectivity index (χ1) is 11.8. The minimum absolute atomic E-state index is 0.156. The lowest BCUT2D eigenvalue weighted by molar-refractivity contribution is -0.862. The second-order valence-electron chi connectivity index (χ2n) is 6.06. The number of rotatable bonds is 6. The molecule has 0 aliphatic rings. The van der Waals surface area contributed by atoms with E-state index in [1.54, 1.807) is 36.0 Å². The highest BCUT2D eigenvalue weighted by Crippen LogP contribution is 2.20. The fourth-order valence-electron chi connectivity index (χ4n) is 2.51. The van der Waals surface area contributed by atoms with Crippen LogP contribution in [0.5, 0.6) is 0 Å².